The van der Waals surface area contributed by atoms with Gasteiger partial charge in [0.15, 0.2) is 0 Å². The van der Waals surface area contributed by atoms with Gasteiger partial charge in [0.05, 0.1) is 13.7 Å². The monoisotopic (exact) mass is 261 g/mol. The van der Waals surface area contributed by atoms with Gasteiger partial charge in [0, 0.05) is 0 Å². The molecule has 0 aliphatic carbocycles. The van der Waals surface area contributed by atoms with E-state index in [2.05, 4.69) is 4.74 Å². The van der Waals surface area contributed by atoms with E-state index < -0.39 is 18.2 Å². The summed E-state index contributed by atoms with van der Waals surface area (Å²) in [6, 6.07) is -0.888. The van der Waals surface area contributed by atoms with Crippen molar-refractivity contribution in [2.45, 2.75) is 32.2 Å². The number of carbonyl (C=O) groups is 2. The van der Waals surface area contributed by atoms with Gasteiger partial charge in [-0.05, 0) is 26.2 Å². The zero-order valence-corrected chi connectivity index (χ0v) is 10.5. The van der Waals surface area contributed by atoms with Gasteiger partial charge in [-0.3, -0.25) is 10.2 Å². The summed E-state index contributed by atoms with van der Waals surface area (Å²) < 4.78 is 4.31. The summed E-state index contributed by atoms with van der Waals surface area (Å²) in [6.07, 6.45) is 0.540. The lowest BCUT2D eigenvalue weighted by molar-refractivity contribution is -0.138. The third kappa shape index (κ3) is 6.69. The van der Waals surface area contributed by atoms with Crippen LogP contribution in [-0.4, -0.2) is 47.8 Å². The summed E-state index contributed by atoms with van der Waals surface area (Å²) in [5.41, 5.74) is 5.33. The molecule has 0 heterocycles. The smallest absolute Gasteiger partial charge is 0.480 e. The van der Waals surface area contributed by atoms with Crippen LogP contribution in [0.1, 0.15) is 26.2 Å². The second-order valence-electron chi connectivity index (χ2n) is 3.67. The number of nitrogens with two attached hydrogens (primary N) is 1. The molecule has 0 rings (SSSR count). The van der Waals surface area contributed by atoms with Crippen molar-refractivity contribution in [3.05, 3.63) is 0 Å². The minimum Gasteiger partial charge on any atom is -0.480 e. The van der Waals surface area contributed by atoms with Crippen LogP contribution in [0.5, 0.6) is 0 Å². The van der Waals surface area contributed by atoms with E-state index in [0.717, 1.165) is 5.06 Å². The van der Waals surface area contributed by atoms with Crippen LogP contribution in [0.25, 0.3) is 0 Å². The molecule has 0 aromatic heterocycles. The molecule has 0 bridgehead atoms. The molecule has 0 aromatic carbocycles. The predicted molar refractivity (Wildman–Crippen MR) is 63.1 cm³/mol. The zero-order valence-electron chi connectivity index (χ0n) is 10.5. The van der Waals surface area contributed by atoms with E-state index in [1.54, 1.807) is 0 Å². The van der Waals surface area contributed by atoms with Gasteiger partial charge >= 0.3 is 12.1 Å². The van der Waals surface area contributed by atoms with Crippen molar-refractivity contribution in [1.82, 2.24) is 5.06 Å². The van der Waals surface area contributed by atoms with Crippen LogP contribution in [0.15, 0.2) is 0 Å². The normalized spacial score (nSPS) is 11.5. The Kier molecular flexibility index (Phi) is 7.45. The average molecular weight is 261 g/mol. The minimum absolute atomic E-state index is 0.0583. The fraction of sp³-hybridized carbons (Fsp3) is 0.700. The number of hydrogen-bond acceptors (Lipinski definition) is 6. The summed E-state index contributed by atoms with van der Waals surface area (Å²) in [6.45, 7) is 1.75. The highest BCUT2D eigenvalue weighted by Gasteiger charge is 2.14. The topological polar surface area (TPSA) is 126 Å². The number of carboxylic acids is 1. The maximum atomic E-state index is 10.9. The standard InChI is InChI=1S/C10H19N3O5/c1-7(11)13(18-10(16)17-2)6-4-3-5-8(12)9(14)15/h8,11H,3-6,12H2,1-2H3,(H,14,15)/t8-/m0/s1. The minimum atomic E-state index is -1.04. The maximum absolute atomic E-state index is 10.9. The summed E-state index contributed by atoms with van der Waals surface area (Å²) in [5, 5.41) is 17.0. The first-order chi connectivity index (χ1) is 8.38. The molecule has 0 saturated heterocycles. The van der Waals surface area contributed by atoms with E-state index in [1.165, 1.54) is 14.0 Å². The predicted octanol–water partition coefficient (Wildman–Crippen LogP) is 0.566. The highest BCUT2D eigenvalue weighted by atomic mass is 16.8. The number of methoxy groups -OCH3 is 1. The number of nitrogens with zero attached hydrogens (tertiary/aromatic N) is 1. The van der Waals surface area contributed by atoms with Crippen molar-refractivity contribution in [1.29, 1.82) is 5.41 Å². The van der Waals surface area contributed by atoms with Gasteiger partial charge < -0.3 is 20.4 Å². The number of carbonyl (C=O) groups excluding carboxylic acids is 1. The van der Waals surface area contributed by atoms with Crippen molar-refractivity contribution in [3.63, 3.8) is 0 Å². The van der Waals surface area contributed by atoms with E-state index in [9.17, 15) is 9.59 Å². The molecule has 18 heavy (non-hydrogen) atoms. The SMILES string of the molecule is COC(=O)ON(CCCC[C@H](N)C(=O)O)C(C)=N. The molecule has 8 nitrogen and oxygen atoms in total. The van der Waals surface area contributed by atoms with Crippen LogP contribution >= 0.6 is 0 Å². The lowest BCUT2D eigenvalue weighted by Crippen LogP contribution is -2.33. The molecule has 104 valence electrons. The van der Waals surface area contributed by atoms with Gasteiger partial charge in [0.25, 0.3) is 0 Å². The number of unbranched alkanes of at least 4 members (excludes halogenated alkanes) is 1. The molecular formula is C10H19N3O5. The molecule has 0 fully saturated rings. The van der Waals surface area contributed by atoms with Crippen LogP contribution in [0.4, 0.5) is 4.79 Å². The Morgan fingerprint density at radius 1 is 1.44 bits per heavy atom. The van der Waals surface area contributed by atoms with E-state index in [1.807, 2.05) is 0 Å². The molecule has 8 heteroatoms. The number of rotatable bonds is 6. The number of amidine groups is 1. The van der Waals surface area contributed by atoms with Crippen LogP contribution in [-0.2, 0) is 14.4 Å². The molecule has 0 aliphatic heterocycles. The first-order valence-corrected chi connectivity index (χ1v) is 5.45. The van der Waals surface area contributed by atoms with Gasteiger partial charge in [-0.25, -0.2) is 4.79 Å². The number of ether oxygens (including phenoxy) is 1. The molecule has 0 spiro atoms. The molecule has 0 unspecified atom stereocenters. The fourth-order valence-corrected chi connectivity index (χ4v) is 1.15. The summed E-state index contributed by atoms with van der Waals surface area (Å²) >= 11 is 0. The Morgan fingerprint density at radius 2 is 2.06 bits per heavy atom. The van der Waals surface area contributed by atoms with Gasteiger partial charge in [0.2, 0.25) is 0 Å². The Balaban J connectivity index is 3.95. The fourth-order valence-electron chi connectivity index (χ4n) is 1.15. The third-order valence-electron chi connectivity index (χ3n) is 2.17. The van der Waals surface area contributed by atoms with E-state index >= 15 is 0 Å². The van der Waals surface area contributed by atoms with Crippen LogP contribution in [0.3, 0.4) is 0 Å². The number of hydroxylamine groups is 2. The van der Waals surface area contributed by atoms with E-state index in [-0.39, 0.29) is 12.4 Å². The zero-order chi connectivity index (χ0) is 14.1. The van der Waals surface area contributed by atoms with Crippen molar-refractivity contribution in [2.24, 2.45) is 5.73 Å². The van der Waals surface area contributed by atoms with Crippen molar-refractivity contribution in [2.75, 3.05) is 13.7 Å². The number of carboxylic acid groups (broad SMARTS) is 1. The molecule has 4 N–H and O–H groups in total. The highest BCUT2D eigenvalue weighted by Crippen LogP contribution is 2.03. The van der Waals surface area contributed by atoms with Gasteiger partial charge in [0.1, 0.15) is 11.9 Å². The van der Waals surface area contributed by atoms with E-state index in [0.29, 0.717) is 19.3 Å². The number of nitrogens with one attached hydrogen (secondary N) is 1. The lowest BCUT2D eigenvalue weighted by atomic mass is 10.1. The van der Waals surface area contributed by atoms with Crippen molar-refractivity contribution in [3.8, 4) is 0 Å². The lowest BCUT2D eigenvalue weighted by Gasteiger charge is -2.20. The Hall–Kier alpha value is -1.83. The first-order valence-electron chi connectivity index (χ1n) is 5.45. The van der Waals surface area contributed by atoms with Gasteiger partial charge in [-0.2, -0.15) is 5.06 Å². The second-order valence-corrected chi connectivity index (χ2v) is 3.67. The Labute approximate surface area is 105 Å². The molecule has 1 atom stereocenters. The summed E-state index contributed by atoms with van der Waals surface area (Å²) in [7, 11) is 1.17. The van der Waals surface area contributed by atoms with Gasteiger partial charge in [-0.15, -0.1) is 0 Å². The Morgan fingerprint density at radius 3 is 2.50 bits per heavy atom. The third-order valence-corrected chi connectivity index (χ3v) is 2.17. The number of hydrogen-bond donors (Lipinski definition) is 3. The van der Waals surface area contributed by atoms with Crippen LogP contribution < -0.4 is 5.73 Å². The molecule has 0 aliphatic rings. The molecule has 0 amide bonds. The van der Waals surface area contributed by atoms with Crippen molar-refractivity contribution >= 4 is 18.0 Å². The molecule has 0 radical (unpaired) electrons. The highest BCUT2D eigenvalue weighted by molar-refractivity contribution is 5.76. The first kappa shape index (κ1) is 16.2. The maximum Gasteiger partial charge on any atom is 0.533 e. The molecule has 0 aromatic rings. The summed E-state index contributed by atoms with van der Waals surface area (Å²) in [5.74, 6) is -0.983. The molecule has 0 saturated carbocycles. The number of aliphatic carboxylic acids is 1. The quantitative estimate of drug-likeness (QED) is 0.210. The van der Waals surface area contributed by atoms with E-state index in [4.69, 9.17) is 21.1 Å². The molecular weight excluding hydrogens is 242 g/mol. The van der Waals surface area contributed by atoms with Gasteiger partial charge in [-0.1, -0.05) is 0 Å². The van der Waals surface area contributed by atoms with Crippen LogP contribution in [0, 0.1) is 5.41 Å². The average Bonchev–Trinajstić information content (AvgIpc) is 2.31. The van der Waals surface area contributed by atoms with Crippen LogP contribution in [0.2, 0.25) is 0 Å². The largest absolute Gasteiger partial charge is 0.533 e. The summed E-state index contributed by atoms with van der Waals surface area (Å²) in [4.78, 5) is 26.1. The second kappa shape index (κ2) is 8.29. The Bertz CT molecular complexity index is 308. The van der Waals surface area contributed by atoms with Crippen molar-refractivity contribution < 1.29 is 24.3 Å².